The number of fused-ring (bicyclic) bond motifs is 2. The summed E-state index contributed by atoms with van der Waals surface area (Å²) in [6, 6.07) is 14.1. The topological polar surface area (TPSA) is 140 Å². The van der Waals surface area contributed by atoms with Crippen LogP contribution in [0.1, 0.15) is 44.2 Å². The predicted molar refractivity (Wildman–Crippen MR) is 150 cm³/mol. The van der Waals surface area contributed by atoms with Crippen LogP contribution in [-0.4, -0.2) is 44.6 Å². The molecule has 0 spiro atoms. The normalized spacial score (nSPS) is 15.3. The van der Waals surface area contributed by atoms with Crippen molar-refractivity contribution in [3.8, 4) is 11.5 Å². The minimum Gasteiger partial charge on any atom is -0.512 e. The predicted octanol–water partition coefficient (Wildman–Crippen LogP) is 3.97. The fraction of sp³-hybridized carbons (Fsp3) is 0.214. The summed E-state index contributed by atoms with van der Waals surface area (Å²) in [6.07, 6.45) is 3.18. The fourth-order valence-corrected chi connectivity index (χ4v) is 4.69. The van der Waals surface area contributed by atoms with E-state index >= 15 is 0 Å². The molecular weight excluding hydrogens is 656 g/mol. The summed E-state index contributed by atoms with van der Waals surface area (Å²) < 4.78 is 15.1. The molecule has 2 aromatic carbocycles. The molecule has 2 atom stereocenters. The van der Waals surface area contributed by atoms with E-state index in [0.717, 1.165) is 21.3 Å². The Morgan fingerprint density at radius 2 is 1.36 bits per heavy atom. The van der Waals surface area contributed by atoms with Crippen LogP contribution >= 0.6 is 15.9 Å². The molecule has 12 nitrogen and oxygen atoms in total. The zero-order chi connectivity index (χ0) is 29.5. The van der Waals surface area contributed by atoms with Crippen LogP contribution in [0.15, 0.2) is 65.4 Å². The van der Waals surface area contributed by atoms with E-state index in [1.807, 2.05) is 24.3 Å². The average Bonchev–Trinajstić information content (AvgIpc) is 3.78. The van der Waals surface area contributed by atoms with Gasteiger partial charge in [0, 0.05) is 42.1 Å². The van der Waals surface area contributed by atoms with Gasteiger partial charge in [-0.1, -0.05) is 34.1 Å². The van der Waals surface area contributed by atoms with E-state index < -0.39 is 0 Å². The van der Waals surface area contributed by atoms with Gasteiger partial charge in [0.05, 0.1) is 18.7 Å². The number of halogens is 1. The number of aromatic nitrogens is 4. The summed E-state index contributed by atoms with van der Waals surface area (Å²) in [5.74, 6) is 1.13. The first kappa shape index (κ1) is 31.9. The standard InChI is InChI=1S/C14H12N4O2.C13H12BrN3O2.CN.Cu/c1-15-9-3-4-10-11(8-20-13(10)7-9)17-14(19)12-5-6-16-18(12)2;1-17-11(4-5-15-17)13(18)16-10-7-19-12-6-8(14)2-3-9(10)12;1-2;/h3-7,11H,8H2,2H3,(H,17,19);2-6,10H,7H2,1H3,(H,16,18);;/q;;-1;+1. The number of nitrogens with one attached hydrogen (secondary N) is 2. The number of carbonyl (C=O) groups excluding carboxylic acids is 2. The van der Waals surface area contributed by atoms with Crippen LogP contribution in [-0.2, 0) is 31.2 Å². The first-order chi connectivity index (χ1) is 19.8. The van der Waals surface area contributed by atoms with E-state index in [-0.39, 0.29) is 41.0 Å². The largest absolute Gasteiger partial charge is 1.00 e. The summed E-state index contributed by atoms with van der Waals surface area (Å²) >= 11 is 3.40. The quantitative estimate of drug-likeness (QED) is 0.246. The van der Waals surface area contributed by atoms with Crippen LogP contribution < -0.4 is 20.1 Å². The Kier molecular flexibility index (Phi) is 10.9. The Morgan fingerprint density at radius 1 is 0.881 bits per heavy atom. The maximum atomic E-state index is 12.1. The third-order valence-corrected chi connectivity index (χ3v) is 6.87. The first-order valence-corrected chi connectivity index (χ1v) is 13.0. The molecule has 14 heteroatoms. The maximum absolute atomic E-state index is 12.1. The number of hydrogen-bond donors (Lipinski definition) is 2. The van der Waals surface area contributed by atoms with E-state index in [9.17, 15) is 9.59 Å². The number of nitrogens with zero attached hydrogens (tertiary/aromatic N) is 6. The van der Waals surface area contributed by atoms with Crippen molar-refractivity contribution in [3.63, 3.8) is 0 Å². The van der Waals surface area contributed by atoms with Gasteiger partial charge in [0.15, 0.2) is 5.69 Å². The fourth-order valence-electron chi connectivity index (χ4n) is 4.35. The maximum Gasteiger partial charge on any atom is 1.00 e. The van der Waals surface area contributed by atoms with Crippen LogP contribution in [0.25, 0.3) is 4.85 Å². The van der Waals surface area contributed by atoms with Crippen LogP contribution in [0.2, 0.25) is 0 Å². The third-order valence-electron chi connectivity index (χ3n) is 6.38. The number of benzene rings is 2. The number of carbonyl (C=O) groups is 2. The Bertz CT molecular complexity index is 1640. The molecule has 0 saturated carbocycles. The van der Waals surface area contributed by atoms with Gasteiger partial charge in [-0.05, 0) is 30.3 Å². The van der Waals surface area contributed by atoms with Crippen molar-refractivity contribution in [2.24, 2.45) is 14.1 Å². The van der Waals surface area contributed by atoms with E-state index in [1.165, 1.54) is 4.68 Å². The first-order valence-electron chi connectivity index (χ1n) is 12.2. The second-order valence-electron chi connectivity index (χ2n) is 8.87. The van der Waals surface area contributed by atoms with Crippen molar-refractivity contribution in [2.45, 2.75) is 12.1 Å². The zero-order valence-corrected chi connectivity index (χ0v) is 24.9. The number of ether oxygens (including phenoxy) is 2. The Hall–Kier alpha value is -4.62. The molecule has 2 aliphatic rings. The smallest absolute Gasteiger partial charge is 0.512 e. The molecule has 4 aromatic rings. The Morgan fingerprint density at radius 3 is 1.81 bits per heavy atom. The van der Waals surface area contributed by atoms with Gasteiger partial charge in [-0.2, -0.15) is 10.2 Å². The summed E-state index contributed by atoms with van der Waals surface area (Å²) in [5.41, 5.74) is 3.45. The van der Waals surface area contributed by atoms with Gasteiger partial charge in [-0.25, -0.2) is 4.85 Å². The van der Waals surface area contributed by atoms with Crippen LogP contribution in [0.5, 0.6) is 11.5 Å². The Balaban J connectivity index is 0.000000213. The van der Waals surface area contributed by atoms with Crippen molar-refractivity contribution in [3.05, 3.63) is 106 Å². The van der Waals surface area contributed by atoms with Crippen molar-refractivity contribution in [1.29, 1.82) is 5.26 Å². The Labute approximate surface area is 261 Å². The number of aryl methyl sites for hydroxylation is 2. The molecule has 42 heavy (non-hydrogen) atoms. The summed E-state index contributed by atoms with van der Waals surface area (Å²) in [7, 11) is 3.46. The third kappa shape index (κ3) is 6.98. The number of hydrogen-bond acceptors (Lipinski definition) is 7. The van der Waals surface area contributed by atoms with Gasteiger partial charge in [0.1, 0.15) is 36.1 Å². The van der Waals surface area contributed by atoms with Crippen LogP contribution in [0.4, 0.5) is 5.69 Å². The van der Waals surface area contributed by atoms with Gasteiger partial charge in [-0.15, -0.1) is 0 Å². The number of amides is 2. The zero-order valence-electron chi connectivity index (χ0n) is 22.3. The molecule has 2 aliphatic heterocycles. The molecule has 0 saturated heterocycles. The molecule has 6 rings (SSSR count). The molecule has 0 aliphatic carbocycles. The average molecular weight is 680 g/mol. The summed E-state index contributed by atoms with van der Waals surface area (Å²) in [5, 5.41) is 20.1. The molecule has 2 amide bonds. The van der Waals surface area contributed by atoms with Crippen molar-refractivity contribution < 1.29 is 36.1 Å². The molecule has 2 N–H and O–H groups in total. The SMILES string of the molecule is Cn1nccc1C(=O)NC1COc2cc(Br)ccc21.[C-]#N.[C-]#[N+]c1ccc2c(c1)OCC2NC(=O)c1ccnn1C.[Cu+]. The van der Waals surface area contributed by atoms with E-state index in [2.05, 4.69) is 41.6 Å². The molecule has 218 valence electrons. The van der Waals surface area contributed by atoms with Crippen molar-refractivity contribution in [2.75, 3.05) is 13.2 Å². The molecule has 2 aromatic heterocycles. The molecule has 4 heterocycles. The van der Waals surface area contributed by atoms with Crippen LogP contribution in [0, 0.1) is 18.4 Å². The second-order valence-corrected chi connectivity index (χ2v) is 9.79. The van der Waals surface area contributed by atoms with Gasteiger partial charge in [-0.3, -0.25) is 19.0 Å². The van der Waals surface area contributed by atoms with E-state index in [0.29, 0.717) is 36.0 Å². The van der Waals surface area contributed by atoms with Gasteiger partial charge in [0.25, 0.3) is 11.8 Å². The van der Waals surface area contributed by atoms with Crippen molar-refractivity contribution >= 4 is 33.4 Å². The van der Waals surface area contributed by atoms with E-state index in [1.54, 1.807) is 55.4 Å². The van der Waals surface area contributed by atoms with Gasteiger partial charge < -0.3 is 31.9 Å². The molecule has 0 radical (unpaired) electrons. The minimum atomic E-state index is -0.202. The monoisotopic (exact) mass is 678 g/mol. The van der Waals surface area contributed by atoms with E-state index in [4.69, 9.17) is 27.9 Å². The second kappa shape index (κ2) is 14.3. The van der Waals surface area contributed by atoms with Gasteiger partial charge in [0.2, 0.25) is 0 Å². The molecule has 0 bridgehead atoms. The molecular formula is C28H24BrCuN8O4. The molecule has 2 unspecified atom stereocenters. The molecule has 0 fully saturated rings. The van der Waals surface area contributed by atoms with Crippen LogP contribution in [0.3, 0.4) is 0 Å². The summed E-state index contributed by atoms with van der Waals surface area (Å²) in [4.78, 5) is 27.6. The minimum absolute atomic E-state index is 0. The number of rotatable bonds is 4. The summed E-state index contributed by atoms with van der Waals surface area (Å²) in [6.45, 7) is 12.6. The van der Waals surface area contributed by atoms with Gasteiger partial charge >= 0.3 is 17.1 Å². The van der Waals surface area contributed by atoms with Crippen molar-refractivity contribution in [1.82, 2.24) is 30.2 Å².